The van der Waals surface area contributed by atoms with Crippen molar-refractivity contribution in [2.75, 3.05) is 5.32 Å². The summed E-state index contributed by atoms with van der Waals surface area (Å²) in [5, 5.41) is 19.2. The normalized spacial score (nSPS) is 11.2. The van der Waals surface area contributed by atoms with E-state index < -0.39 is 0 Å². The minimum Gasteiger partial charge on any atom is -0.409 e. The van der Waals surface area contributed by atoms with Gasteiger partial charge >= 0.3 is 0 Å². The molecule has 0 unspecified atom stereocenters. The van der Waals surface area contributed by atoms with Gasteiger partial charge in [-0.15, -0.1) is 5.10 Å². The number of anilines is 1. The van der Waals surface area contributed by atoms with Crippen molar-refractivity contribution >= 4 is 29.0 Å². The molecule has 0 bridgehead atoms. The quantitative estimate of drug-likeness (QED) is 0.329. The summed E-state index contributed by atoms with van der Waals surface area (Å²) in [4.78, 5) is 11.7. The number of carbonyl (C=O) groups excluding carboxylic acids is 1. The lowest BCUT2D eigenvalue weighted by atomic mass is 10.2. The van der Waals surface area contributed by atoms with Crippen LogP contribution in [-0.2, 0) is 0 Å². The molecule has 0 spiro atoms. The Hall–Kier alpha value is -2.48. The average molecular weight is 263 g/mol. The van der Waals surface area contributed by atoms with E-state index in [-0.39, 0.29) is 17.4 Å². The Morgan fingerprint density at radius 3 is 2.67 bits per heavy atom. The second-order valence-electron chi connectivity index (χ2n) is 3.31. The van der Waals surface area contributed by atoms with Crippen LogP contribution in [0.4, 0.5) is 5.69 Å². The Morgan fingerprint density at radius 2 is 2.11 bits per heavy atom. The predicted molar refractivity (Wildman–Crippen MR) is 66.8 cm³/mol. The molecular weight excluding hydrogens is 254 g/mol. The van der Waals surface area contributed by atoms with Gasteiger partial charge in [-0.1, -0.05) is 9.64 Å². The number of hydrogen-bond donors (Lipinski definition) is 3. The number of oxime groups is 1. The number of benzene rings is 1. The molecular formula is C10H9N5O2S. The molecule has 0 saturated carbocycles. The minimum atomic E-state index is -0.333. The standard InChI is InChI=1S/C10H9N5O2S/c11-9(14-17)6-1-3-7(4-2-6)12-10(16)8-5-18-15-13-8/h1-5,17H,(H2,11,14)(H,12,16). The minimum absolute atomic E-state index is 0.0107. The van der Waals surface area contributed by atoms with E-state index in [2.05, 4.69) is 20.1 Å². The van der Waals surface area contributed by atoms with Crippen molar-refractivity contribution in [1.82, 2.24) is 9.59 Å². The van der Waals surface area contributed by atoms with Crippen LogP contribution >= 0.6 is 11.5 Å². The Labute approximate surface area is 106 Å². The first kappa shape index (κ1) is 12.0. The highest BCUT2D eigenvalue weighted by molar-refractivity contribution is 7.03. The zero-order chi connectivity index (χ0) is 13.0. The first-order valence-electron chi connectivity index (χ1n) is 4.87. The van der Waals surface area contributed by atoms with Crippen LogP contribution in [-0.4, -0.2) is 26.5 Å². The van der Waals surface area contributed by atoms with Crippen molar-refractivity contribution in [2.45, 2.75) is 0 Å². The fourth-order valence-corrected chi connectivity index (χ4v) is 1.68. The molecule has 2 aromatic rings. The maximum absolute atomic E-state index is 11.7. The monoisotopic (exact) mass is 263 g/mol. The van der Waals surface area contributed by atoms with Gasteiger partial charge in [-0.3, -0.25) is 4.79 Å². The largest absolute Gasteiger partial charge is 0.409 e. The third-order valence-electron chi connectivity index (χ3n) is 2.14. The van der Waals surface area contributed by atoms with E-state index in [0.29, 0.717) is 11.3 Å². The predicted octanol–water partition coefficient (Wildman–Crippen LogP) is 0.885. The fraction of sp³-hybridized carbons (Fsp3) is 0. The molecule has 8 heteroatoms. The Kier molecular flexibility index (Phi) is 3.49. The summed E-state index contributed by atoms with van der Waals surface area (Å²) >= 11 is 1.11. The van der Waals surface area contributed by atoms with Crippen molar-refractivity contribution in [3.05, 3.63) is 40.9 Å². The molecule has 0 atom stereocenters. The molecule has 1 heterocycles. The van der Waals surface area contributed by atoms with Crippen LogP contribution in [0.25, 0.3) is 0 Å². The highest BCUT2D eigenvalue weighted by Crippen LogP contribution is 2.11. The molecule has 0 aliphatic carbocycles. The molecule has 1 aromatic heterocycles. The van der Waals surface area contributed by atoms with E-state index in [9.17, 15) is 4.79 Å². The number of rotatable bonds is 3. The molecule has 0 aliphatic rings. The number of nitrogens with one attached hydrogen (secondary N) is 1. The van der Waals surface area contributed by atoms with Crippen molar-refractivity contribution < 1.29 is 10.0 Å². The van der Waals surface area contributed by atoms with Crippen LogP contribution in [0.2, 0.25) is 0 Å². The topological polar surface area (TPSA) is 113 Å². The van der Waals surface area contributed by atoms with Gasteiger partial charge in [0.05, 0.1) is 0 Å². The number of nitrogens with zero attached hydrogens (tertiary/aromatic N) is 3. The van der Waals surface area contributed by atoms with Crippen molar-refractivity contribution in [3.8, 4) is 0 Å². The molecule has 1 aromatic carbocycles. The van der Waals surface area contributed by atoms with E-state index in [4.69, 9.17) is 10.9 Å². The molecule has 0 radical (unpaired) electrons. The number of carbonyl (C=O) groups is 1. The lowest BCUT2D eigenvalue weighted by molar-refractivity contribution is 0.102. The summed E-state index contributed by atoms with van der Waals surface area (Å²) in [6.45, 7) is 0. The molecule has 18 heavy (non-hydrogen) atoms. The maximum atomic E-state index is 11.7. The smallest absolute Gasteiger partial charge is 0.277 e. The van der Waals surface area contributed by atoms with Gasteiger partial charge in [-0.25, -0.2) is 0 Å². The molecule has 1 amide bonds. The second-order valence-corrected chi connectivity index (χ2v) is 3.92. The SMILES string of the molecule is NC(=NO)c1ccc(NC(=O)c2csnn2)cc1. The summed E-state index contributed by atoms with van der Waals surface area (Å²) in [6, 6.07) is 6.55. The number of amides is 1. The van der Waals surface area contributed by atoms with Gasteiger partial charge in [0.15, 0.2) is 11.5 Å². The third-order valence-corrected chi connectivity index (χ3v) is 2.64. The van der Waals surface area contributed by atoms with Crippen molar-refractivity contribution in [1.29, 1.82) is 0 Å². The maximum Gasteiger partial charge on any atom is 0.277 e. The van der Waals surface area contributed by atoms with E-state index >= 15 is 0 Å². The molecule has 7 nitrogen and oxygen atoms in total. The van der Waals surface area contributed by atoms with Gasteiger partial charge in [0, 0.05) is 16.6 Å². The van der Waals surface area contributed by atoms with E-state index in [0.717, 1.165) is 11.5 Å². The summed E-state index contributed by atoms with van der Waals surface area (Å²) in [5.41, 5.74) is 6.83. The van der Waals surface area contributed by atoms with Gasteiger partial charge in [0.2, 0.25) is 0 Å². The van der Waals surface area contributed by atoms with Gasteiger partial charge in [-0.2, -0.15) is 0 Å². The third kappa shape index (κ3) is 2.61. The van der Waals surface area contributed by atoms with Crippen molar-refractivity contribution in [2.24, 2.45) is 10.9 Å². The van der Waals surface area contributed by atoms with Gasteiger partial charge in [0.1, 0.15) is 0 Å². The van der Waals surface area contributed by atoms with Crippen LogP contribution in [0, 0.1) is 0 Å². The molecule has 4 N–H and O–H groups in total. The van der Waals surface area contributed by atoms with Crippen LogP contribution < -0.4 is 11.1 Å². The molecule has 0 fully saturated rings. The lowest BCUT2D eigenvalue weighted by Gasteiger charge is -2.04. The summed E-state index contributed by atoms with van der Waals surface area (Å²) in [6.07, 6.45) is 0. The zero-order valence-corrected chi connectivity index (χ0v) is 9.89. The first-order valence-corrected chi connectivity index (χ1v) is 5.70. The van der Waals surface area contributed by atoms with Gasteiger partial charge in [0.25, 0.3) is 5.91 Å². The Bertz CT molecular complexity index is 564. The van der Waals surface area contributed by atoms with E-state index in [1.54, 1.807) is 29.6 Å². The molecule has 92 valence electrons. The second kappa shape index (κ2) is 5.23. The van der Waals surface area contributed by atoms with Crippen molar-refractivity contribution in [3.63, 3.8) is 0 Å². The fourth-order valence-electron chi connectivity index (χ4n) is 1.24. The lowest BCUT2D eigenvalue weighted by Crippen LogP contribution is -2.14. The van der Waals surface area contributed by atoms with Crippen LogP contribution in [0.15, 0.2) is 34.8 Å². The Balaban J connectivity index is 2.09. The summed E-state index contributed by atoms with van der Waals surface area (Å²) < 4.78 is 3.60. The van der Waals surface area contributed by atoms with E-state index in [1.165, 1.54) is 0 Å². The summed E-state index contributed by atoms with van der Waals surface area (Å²) in [7, 11) is 0. The molecule has 0 saturated heterocycles. The summed E-state index contributed by atoms with van der Waals surface area (Å²) in [5.74, 6) is -0.322. The van der Waals surface area contributed by atoms with Gasteiger partial charge in [-0.05, 0) is 35.8 Å². The van der Waals surface area contributed by atoms with Crippen LogP contribution in [0.1, 0.15) is 16.1 Å². The molecule has 2 rings (SSSR count). The van der Waals surface area contributed by atoms with E-state index in [1.807, 2.05) is 0 Å². The highest BCUT2D eigenvalue weighted by atomic mass is 32.1. The number of amidine groups is 1. The Morgan fingerprint density at radius 1 is 1.39 bits per heavy atom. The number of aromatic nitrogens is 2. The van der Waals surface area contributed by atoms with Crippen LogP contribution in [0.5, 0.6) is 0 Å². The molecule has 0 aliphatic heterocycles. The van der Waals surface area contributed by atoms with Gasteiger partial charge < -0.3 is 16.3 Å². The first-order chi connectivity index (χ1) is 8.70. The zero-order valence-electron chi connectivity index (χ0n) is 9.07. The van der Waals surface area contributed by atoms with Crippen LogP contribution in [0.3, 0.4) is 0 Å². The average Bonchev–Trinajstić information content (AvgIpc) is 2.92. The number of nitrogens with two attached hydrogens (primary N) is 1. The number of hydrogen-bond acceptors (Lipinski definition) is 6. The highest BCUT2D eigenvalue weighted by Gasteiger charge is 2.09.